The topological polar surface area (TPSA) is 78.8 Å². The van der Waals surface area contributed by atoms with E-state index in [0.29, 0.717) is 18.7 Å². The van der Waals surface area contributed by atoms with E-state index in [1.54, 1.807) is 13.0 Å². The van der Waals surface area contributed by atoms with Gasteiger partial charge in [0.2, 0.25) is 0 Å². The molecule has 5 heteroatoms. The fraction of sp³-hybridized carbons (Fsp3) is 0.417. The normalized spacial score (nSPS) is 11.9. The molecule has 0 bridgehead atoms. The van der Waals surface area contributed by atoms with Crippen LogP contribution >= 0.6 is 0 Å². The summed E-state index contributed by atoms with van der Waals surface area (Å²) in [4.78, 5) is 11.7. The first-order valence-corrected chi connectivity index (χ1v) is 5.38. The number of ether oxygens (including phenoxy) is 1. The van der Waals surface area contributed by atoms with Crippen LogP contribution in [-0.4, -0.2) is 35.9 Å². The number of hydrogen-bond acceptors (Lipinski definition) is 4. The van der Waals surface area contributed by atoms with Crippen LogP contribution in [0.2, 0.25) is 0 Å². The molecule has 0 aliphatic rings. The first kappa shape index (κ1) is 13.3. The van der Waals surface area contributed by atoms with Gasteiger partial charge in [-0.2, -0.15) is 0 Å². The Hall–Kier alpha value is -1.75. The summed E-state index contributed by atoms with van der Waals surface area (Å²) < 4.78 is 4.92. The minimum atomic E-state index is -0.459. The Labute approximate surface area is 100 Å². The second-order valence-corrected chi connectivity index (χ2v) is 3.78. The van der Waals surface area contributed by atoms with Crippen molar-refractivity contribution in [1.29, 1.82) is 0 Å². The Morgan fingerprint density at radius 1 is 1.53 bits per heavy atom. The van der Waals surface area contributed by atoms with E-state index in [1.165, 1.54) is 19.2 Å². The van der Waals surface area contributed by atoms with Crippen LogP contribution in [0.25, 0.3) is 0 Å². The third kappa shape index (κ3) is 3.96. The standard InChI is InChI=1S/C12H17NO4/c1-8(14)5-6-13-12(16)10-4-3-9(17-2)7-11(10)15/h3-4,7-8,14-15H,5-6H2,1-2H3,(H,13,16). The van der Waals surface area contributed by atoms with Gasteiger partial charge in [-0.15, -0.1) is 0 Å². The van der Waals surface area contributed by atoms with Crippen LogP contribution in [-0.2, 0) is 0 Å². The number of carbonyl (C=O) groups excluding carboxylic acids is 1. The summed E-state index contributed by atoms with van der Waals surface area (Å²) in [6.45, 7) is 2.01. The maximum atomic E-state index is 11.7. The van der Waals surface area contributed by atoms with Crippen LogP contribution < -0.4 is 10.1 Å². The van der Waals surface area contributed by atoms with Crippen LogP contribution in [0.1, 0.15) is 23.7 Å². The Bertz CT molecular complexity index is 390. The van der Waals surface area contributed by atoms with E-state index in [0.717, 1.165) is 0 Å². The molecule has 1 unspecified atom stereocenters. The van der Waals surface area contributed by atoms with E-state index in [9.17, 15) is 9.90 Å². The van der Waals surface area contributed by atoms with Crippen molar-refractivity contribution in [3.05, 3.63) is 23.8 Å². The fourth-order valence-electron chi connectivity index (χ4n) is 1.32. The first-order valence-electron chi connectivity index (χ1n) is 5.38. The zero-order valence-electron chi connectivity index (χ0n) is 9.93. The Morgan fingerprint density at radius 3 is 2.76 bits per heavy atom. The number of aromatic hydroxyl groups is 1. The van der Waals surface area contributed by atoms with Gasteiger partial charge in [0.15, 0.2) is 0 Å². The Balaban J connectivity index is 2.63. The van der Waals surface area contributed by atoms with Crippen molar-refractivity contribution >= 4 is 5.91 Å². The average Bonchev–Trinajstić information content (AvgIpc) is 2.28. The number of phenolic OH excluding ortho intramolecular Hbond substituents is 1. The number of amides is 1. The van der Waals surface area contributed by atoms with Crippen molar-refractivity contribution in [2.45, 2.75) is 19.4 Å². The lowest BCUT2D eigenvalue weighted by Gasteiger charge is -2.09. The molecular formula is C12H17NO4. The molecule has 1 aromatic carbocycles. The molecule has 0 aliphatic carbocycles. The molecule has 3 N–H and O–H groups in total. The highest BCUT2D eigenvalue weighted by atomic mass is 16.5. The predicted molar refractivity (Wildman–Crippen MR) is 63.3 cm³/mol. The second-order valence-electron chi connectivity index (χ2n) is 3.78. The van der Waals surface area contributed by atoms with Gasteiger partial charge in [-0.3, -0.25) is 4.79 Å². The minimum absolute atomic E-state index is 0.126. The molecule has 1 rings (SSSR count). The molecule has 94 valence electrons. The van der Waals surface area contributed by atoms with Gasteiger partial charge in [0.25, 0.3) is 5.91 Å². The number of nitrogens with one attached hydrogen (secondary N) is 1. The summed E-state index contributed by atoms with van der Waals surface area (Å²) in [5, 5.41) is 21.3. The van der Waals surface area contributed by atoms with Crippen LogP contribution in [0, 0.1) is 0 Å². The van der Waals surface area contributed by atoms with Gasteiger partial charge in [0.05, 0.1) is 18.8 Å². The van der Waals surface area contributed by atoms with Crippen LogP contribution in [0.4, 0.5) is 0 Å². The quantitative estimate of drug-likeness (QED) is 0.713. The van der Waals surface area contributed by atoms with E-state index < -0.39 is 6.10 Å². The molecule has 0 spiro atoms. The molecular weight excluding hydrogens is 222 g/mol. The summed E-state index contributed by atoms with van der Waals surface area (Å²) in [5.74, 6) is -0.00673. The molecule has 1 atom stereocenters. The number of rotatable bonds is 5. The predicted octanol–water partition coefficient (Wildman–Crippen LogP) is 0.901. The number of aliphatic hydroxyl groups is 1. The highest BCUT2D eigenvalue weighted by molar-refractivity contribution is 5.96. The number of benzene rings is 1. The molecule has 0 aliphatic heterocycles. The van der Waals surface area contributed by atoms with Gasteiger partial charge < -0.3 is 20.3 Å². The molecule has 1 aromatic rings. The minimum Gasteiger partial charge on any atom is -0.507 e. The SMILES string of the molecule is COc1ccc(C(=O)NCCC(C)O)c(O)c1. The first-order chi connectivity index (χ1) is 8.04. The van der Waals surface area contributed by atoms with Crippen molar-refractivity contribution in [3.63, 3.8) is 0 Å². The van der Waals surface area contributed by atoms with Crippen LogP contribution in [0.15, 0.2) is 18.2 Å². The van der Waals surface area contributed by atoms with Crippen molar-refractivity contribution in [2.24, 2.45) is 0 Å². The smallest absolute Gasteiger partial charge is 0.255 e. The molecule has 0 saturated carbocycles. The third-order valence-corrected chi connectivity index (χ3v) is 2.30. The Kier molecular flexibility index (Phi) is 4.78. The Morgan fingerprint density at radius 2 is 2.24 bits per heavy atom. The maximum Gasteiger partial charge on any atom is 0.255 e. The maximum absolute atomic E-state index is 11.7. The van der Waals surface area contributed by atoms with E-state index in [-0.39, 0.29) is 17.2 Å². The van der Waals surface area contributed by atoms with Crippen LogP contribution in [0.3, 0.4) is 0 Å². The molecule has 0 radical (unpaired) electrons. The zero-order chi connectivity index (χ0) is 12.8. The van der Waals surface area contributed by atoms with E-state index >= 15 is 0 Å². The highest BCUT2D eigenvalue weighted by Gasteiger charge is 2.11. The summed E-state index contributed by atoms with van der Waals surface area (Å²) in [6.07, 6.45) is 0.0163. The molecule has 0 fully saturated rings. The van der Waals surface area contributed by atoms with Crippen molar-refractivity contribution in [3.8, 4) is 11.5 Å². The lowest BCUT2D eigenvalue weighted by Crippen LogP contribution is -2.26. The van der Waals surface area contributed by atoms with Gasteiger partial charge in [0.1, 0.15) is 11.5 Å². The largest absolute Gasteiger partial charge is 0.507 e. The molecule has 0 heterocycles. The highest BCUT2D eigenvalue weighted by Crippen LogP contribution is 2.23. The van der Waals surface area contributed by atoms with Gasteiger partial charge in [-0.05, 0) is 25.5 Å². The number of phenols is 1. The van der Waals surface area contributed by atoms with Crippen molar-refractivity contribution in [1.82, 2.24) is 5.32 Å². The van der Waals surface area contributed by atoms with E-state index in [4.69, 9.17) is 9.84 Å². The molecule has 5 nitrogen and oxygen atoms in total. The van der Waals surface area contributed by atoms with Gasteiger partial charge in [-0.25, -0.2) is 0 Å². The number of aliphatic hydroxyl groups excluding tert-OH is 1. The van der Waals surface area contributed by atoms with Gasteiger partial charge >= 0.3 is 0 Å². The van der Waals surface area contributed by atoms with Crippen LogP contribution in [0.5, 0.6) is 11.5 Å². The summed E-state index contributed by atoms with van der Waals surface area (Å²) in [6, 6.07) is 4.47. The van der Waals surface area contributed by atoms with Crippen molar-refractivity contribution < 1.29 is 19.7 Å². The second kappa shape index (κ2) is 6.10. The monoisotopic (exact) mass is 239 g/mol. The number of methoxy groups -OCH3 is 1. The van der Waals surface area contributed by atoms with Gasteiger partial charge in [-0.1, -0.05) is 0 Å². The third-order valence-electron chi connectivity index (χ3n) is 2.30. The molecule has 0 aromatic heterocycles. The molecule has 0 saturated heterocycles. The number of carbonyl (C=O) groups is 1. The van der Waals surface area contributed by atoms with E-state index in [1.807, 2.05) is 0 Å². The molecule has 17 heavy (non-hydrogen) atoms. The summed E-state index contributed by atoms with van der Waals surface area (Å²) >= 11 is 0. The lowest BCUT2D eigenvalue weighted by molar-refractivity contribution is 0.0943. The summed E-state index contributed by atoms with van der Waals surface area (Å²) in [7, 11) is 1.48. The molecule has 1 amide bonds. The summed E-state index contributed by atoms with van der Waals surface area (Å²) in [5.41, 5.74) is 0.191. The number of hydrogen-bond donors (Lipinski definition) is 3. The fourth-order valence-corrected chi connectivity index (χ4v) is 1.32. The zero-order valence-corrected chi connectivity index (χ0v) is 9.93. The van der Waals surface area contributed by atoms with Gasteiger partial charge in [0, 0.05) is 12.6 Å². The lowest BCUT2D eigenvalue weighted by atomic mass is 10.1. The average molecular weight is 239 g/mol. The van der Waals surface area contributed by atoms with Crippen molar-refractivity contribution in [2.75, 3.05) is 13.7 Å². The van der Waals surface area contributed by atoms with E-state index in [2.05, 4.69) is 5.32 Å².